The van der Waals surface area contributed by atoms with Gasteiger partial charge in [0, 0.05) is 12.0 Å². The van der Waals surface area contributed by atoms with Crippen LogP contribution in [-0.4, -0.2) is 23.5 Å². The van der Waals surface area contributed by atoms with E-state index < -0.39 is 11.4 Å². The molecule has 2 N–H and O–H groups in total. The van der Waals surface area contributed by atoms with Crippen molar-refractivity contribution in [1.82, 2.24) is 5.32 Å². The Bertz CT molecular complexity index is 366. The van der Waals surface area contributed by atoms with Gasteiger partial charge in [0.15, 0.2) is 0 Å². The van der Waals surface area contributed by atoms with Crippen molar-refractivity contribution in [3.05, 3.63) is 0 Å². The average molecular weight is 267 g/mol. The number of carboxylic acid groups (broad SMARTS) is 1. The van der Waals surface area contributed by atoms with E-state index in [-0.39, 0.29) is 11.3 Å². The van der Waals surface area contributed by atoms with Gasteiger partial charge in [0.25, 0.3) is 0 Å². The van der Waals surface area contributed by atoms with Crippen molar-refractivity contribution in [3.8, 4) is 0 Å². The highest BCUT2D eigenvalue weighted by atomic mass is 16.4. The molecule has 19 heavy (non-hydrogen) atoms. The first-order chi connectivity index (χ1) is 8.90. The van der Waals surface area contributed by atoms with Crippen LogP contribution in [0.15, 0.2) is 0 Å². The molecule has 4 nitrogen and oxygen atoms in total. The first-order valence-corrected chi connectivity index (χ1v) is 7.42. The molecule has 2 fully saturated rings. The Kier molecular flexibility index (Phi) is 3.88. The summed E-state index contributed by atoms with van der Waals surface area (Å²) in [6.07, 6.45) is 6.45. The molecule has 1 amide bonds. The summed E-state index contributed by atoms with van der Waals surface area (Å²) in [5, 5.41) is 12.1. The molecule has 4 heteroatoms. The lowest BCUT2D eigenvalue weighted by Gasteiger charge is -2.30. The lowest BCUT2D eigenvalue weighted by atomic mass is 9.77. The van der Waals surface area contributed by atoms with Crippen molar-refractivity contribution in [2.75, 3.05) is 6.54 Å². The number of rotatable bonds is 6. The van der Waals surface area contributed by atoms with Crippen molar-refractivity contribution >= 4 is 11.9 Å². The van der Waals surface area contributed by atoms with Gasteiger partial charge in [-0.05, 0) is 38.0 Å². The summed E-state index contributed by atoms with van der Waals surface area (Å²) in [4.78, 5) is 23.6. The molecule has 0 aromatic carbocycles. The normalized spacial score (nSPS) is 23.3. The lowest BCUT2D eigenvalue weighted by Crippen LogP contribution is -2.43. The molecule has 2 saturated carbocycles. The largest absolute Gasteiger partial charge is 0.481 e. The molecule has 2 rings (SSSR count). The van der Waals surface area contributed by atoms with Crippen molar-refractivity contribution in [2.24, 2.45) is 16.7 Å². The quantitative estimate of drug-likeness (QED) is 0.777. The second kappa shape index (κ2) is 5.14. The number of nitrogens with one attached hydrogen (secondary N) is 1. The SMILES string of the molecule is CC(C)CC1(C(=O)NCC2(C(=O)O)CC2)CCCC1. The van der Waals surface area contributed by atoms with Crippen molar-refractivity contribution in [1.29, 1.82) is 0 Å². The first-order valence-electron chi connectivity index (χ1n) is 7.42. The standard InChI is InChI=1S/C15H25NO3/c1-11(2)9-14(5-3-4-6-14)12(17)16-10-15(7-8-15)13(18)19/h11H,3-10H2,1-2H3,(H,16,17)(H,18,19). The van der Waals surface area contributed by atoms with Crippen LogP contribution in [0.4, 0.5) is 0 Å². The fraction of sp³-hybridized carbons (Fsp3) is 0.867. The summed E-state index contributed by atoms with van der Waals surface area (Å²) in [5.41, 5.74) is -0.893. The first kappa shape index (κ1) is 14.4. The van der Waals surface area contributed by atoms with Gasteiger partial charge in [-0.25, -0.2) is 0 Å². The van der Waals surface area contributed by atoms with Crippen LogP contribution >= 0.6 is 0 Å². The summed E-state index contributed by atoms with van der Waals surface area (Å²) < 4.78 is 0. The second-order valence-electron chi connectivity index (χ2n) is 6.85. The van der Waals surface area contributed by atoms with Gasteiger partial charge in [-0.2, -0.15) is 0 Å². The zero-order valence-electron chi connectivity index (χ0n) is 12.0. The summed E-state index contributed by atoms with van der Waals surface area (Å²) in [5.74, 6) is -0.179. The molecule has 0 atom stereocenters. The van der Waals surface area contributed by atoms with Gasteiger partial charge in [-0.15, -0.1) is 0 Å². The minimum absolute atomic E-state index is 0.0891. The lowest BCUT2D eigenvalue weighted by molar-refractivity contribution is -0.143. The molecule has 108 valence electrons. The van der Waals surface area contributed by atoms with Crippen LogP contribution in [-0.2, 0) is 9.59 Å². The molecule has 0 aromatic heterocycles. The van der Waals surface area contributed by atoms with Crippen LogP contribution in [0.5, 0.6) is 0 Å². The number of aliphatic carboxylic acids is 1. The monoisotopic (exact) mass is 267 g/mol. The maximum atomic E-state index is 12.5. The maximum Gasteiger partial charge on any atom is 0.311 e. The highest BCUT2D eigenvalue weighted by Gasteiger charge is 2.51. The summed E-state index contributed by atoms with van der Waals surface area (Å²) >= 11 is 0. The fourth-order valence-corrected chi connectivity index (χ4v) is 3.41. The molecule has 0 saturated heterocycles. The van der Waals surface area contributed by atoms with Crippen LogP contribution < -0.4 is 5.32 Å². The minimum Gasteiger partial charge on any atom is -0.481 e. The molecule has 0 aliphatic heterocycles. The smallest absolute Gasteiger partial charge is 0.311 e. The van der Waals surface area contributed by atoms with Gasteiger partial charge in [0.2, 0.25) is 5.91 Å². The molecule has 2 aliphatic rings. The molecular weight excluding hydrogens is 242 g/mol. The predicted molar refractivity (Wildman–Crippen MR) is 72.7 cm³/mol. The Hall–Kier alpha value is -1.06. The van der Waals surface area contributed by atoms with Crippen LogP contribution in [0.2, 0.25) is 0 Å². The third-order valence-electron chi connectivity index (χ3n) is 4.74. The van der Waals surface area contributed by atoms with E-state index in [1.54, 1.807) is 0 Å². The van der Waals surface area contributed by atoms with Gasteiger partial charge in [0.05, 0.1) is 5.41 Å². The second-order valence-corrected chi connectivity index (χ2v) is 6.85. The summed E-state index contributed by atoms with van der Waals surface area (Å²) in [7, 11) is 0. The van der Waals surface area contributed by atoms with E-state index in [2.05, 4.69) is 19.2 Å². The van der Waals surface area contributed by atoms with E-state index in [4.69, 9.17) is 5.11 Å². The Morgan fingerprint density at radius 1 is 1.11 bits per heavy atom. The van der Waals surface area contributed by atoms with E-state index in [0.29, 0.717) is 25.3 Å². The topological polar surface area (TPSA) is 66.4 Å². The van der Waals surface area contributed by atoms with Crippen LogP contribution in [0.25, 0.3) is 0 Å². The summed E-state index contributed by atoms with van der Waals surface area (Å²) in [6.45, 7) is 4.60. The average Bonchev–Trinajstić information content (AvgIpc) is 2.99. The molecule has 0 heterocycles. The third-order valence-corrected chi connectivity index (χ3v) is 4.74. The molecule has 0 radical (unpaired) electrons. The molecule has 0 bridgehead atoms. The molecule has 2 aliphatic carbocycles. The van der Waals surface area contributed by atoms with E-state index >= 15 is 0 Å². The van der Waals surface area contributed by atoms with Crippen molar-refractivity contribution < 1.29 is 14.7 Å². The number of carbonyl (C=O) groups is 2. The van der Waals surface area contributed by atoms with Gasteiger partial charge < -0.3 is 10.4 Å². The Balaban J connectivity index is 1.95. The minimum atomic E-state index is -0.767. The number of carbonyl (C=O) groups excluding carboxylic acids is 1. The highest BCUT2D eigenvalue weighted by Crippen LogP contribution is 2.46. The van der Waals surface area contributed by atoms with E-state index in [9.17, 15) is 9.59 Å². The maximum absolute atomic E-state index is 12.5. The fourth-order valence-electron chi connectivity index (χ4n) is 3.41. The Morgan fingerprint density at radius 2 is 1.68 bits per heavy atom. The van der Waals surface area contributed by atoms with Gasteiger partial charge in [0.1, 0.15) is 0 Å². The predicted octanol–water partition coefficient (Wildman–Crippen LogP) is 2.57. The van der Waals surface area contributed by atoms with Crippen LogP contribution in [0.3, 0.4) is 0 Å². The van der Waals surface area contributed by atoms with E-state index in [1.165, 1.54) is 0 Å². The number of hydrogen-bond acceptors (Lipinski definition) is 2. The zero-order valence-corrected chi connectivity index (χ0v) is 12.0. The third kappa shape index (κ3) is 2.93. The van der Waals surface area contributed by atoms with E-state index in [0.717, 1.165) is 32.1 Å². The molecule has 0 unspecified atom stereocenters. The summed E-state index contributed by atoms with van der Waals surface area (Å²) in [6, 6.07) is 0. The number of amides is 1. The van der Waals surface area contributed by atoms with Crippen molar-refractivity contribution in [3.63, 3.8) is 0 Å². The molecule has 0 spiro atoms. The molecule has 0 aromatic rings. The molecular formula is C15H25NO3. The van der Waals surface area contributed by atoms with Crippen LogP contribution in [0.1, 0.15) is 58.8 Å². The van der Waals surface area contributed by atoms with Gasteiger partial charge >= 0.3 is 5.97 Å². The highest BCUT2D eigenvalue weighted by molar-refractivity contribution is 5.84. The Morgan fingerprint density at radius 3 is 2.11 bits per heavy atom. The van der Waals surface area contributed by atoms with Crippen molar-refractivity contribution in [2.45, 2.75) is 58.8 Å². The number of carboxylic acids is 1. The Labute approximate surface area is 115 Å². The zero-order chi connectivity index (χ0) is 14.1. The van der Waals surface area contributed by atoms with Gasteiger partial charge in [-0.1, -0.05) is 26.7 Å². The van der Waals surface area contributed by atoms with Crippen LogP contribution in [0, 0.1) is 16.7 Å². The van der Waals surface area contributed by atoms with E-state index in [1.807, 2.05) is 0 Å². The van der Waals surface area contributed by atoms with Gasteiger partial charge in [-0.3, -0.25) is 9.59 Å². The number of hydrogen-bond donors (Lipinski definition) is 2.